The van der Waals surface area contributed by atoms with Crippen LogP contribution in [0.15, 0.2) is 0 Å². The van der Waals surface area contributed by atoms with Gasteiger partial charge in [0.2, 0.25) is 0 Å². The zero-order chi connectivity index (χ0) is 12.6. The van der Waals surface area contributed by atoms with E-state index in [2.05, 4.69) is 46.6 Å². The minimum atomic E-state index is -1.41. The van der Waals surface area contributed by atoms with Gasteiger partial charge in [-0.3, -0.25) is 0 Å². The molecule has 1 aliphatic carbocycles. The third kappa shape index (κ3) is 3.44. The highest BCUT2D eigenvalue weighted by Gasteiger charge is 2.41. The molecular formula is C13H30OSi2. The van der Waals surface area contributed by atoms with Gasteiger partial charge in [-0.05, 0) is 44.2 Å². The zero-order valence-corrected chi connectivity index (χ0v) is 14.3. The Morgan fingerprint density at radius 3 is 1.88 bits per heavy atom. The Labute approximate surface area is 104 Å². The molecule has 0 radical (unpaired) electrons. The fraction of sp³-hybridized carbons (Fsp3) is 1.00. The molecule has 0 bridgehead atoms. The van der Waals surface area contributed by atoms with Crippen molar-refractivity contribution in [3.8, 4) is 0 Å². The van der Waals surface area contributed by atoms with Crippen molar-refractivity contribution in [2.45, 2.75) is 71.9 Å². The van der Waals surface area contributed by atoms with Crippen LogP contribution in [-0.2, 0) is 4.43 Å². The van der Waals surface area contributed by atoms with E-state index in [0.29, 0.717) is 6.10 Å². The van der Waals surface area contributed by atoms with E-state index in [9.17, 15) is 0 Å². The third-order valence-corrected chi connectivity index (χ3v) is 20.5. The van der Waals surface area contributed by atoms with Gasteiger partial charge in [0, 0.05) is 6.10 Å². The Balaban J connectivity index is 2.55. The van der Waals surface area contributed by atoms with Crippen LogP contribution in [0.2, 0.25) is 32.7 Å². The van der Waals surface area contributed by atoms with Gasteiger partial charge in [0.15, 0.2) is 7.83 Å². The van der Waals surface area contributed by atoms with Gasteiger partial charge in [-0.25, -0.2) is 0 Å². The molecule has 0 spiro atoms. The Morgan fingerprint density at radius 2 is 1.44 bits per heavy atom. The summed E-state index contributed by atoms with van der Waals surface area (Å²) in [6.45, 7) is 17.0. The van der Waals surface area contributed by atoms with Gasteiger partial charge < -0.3 is 4.43 Å². The normalized spacial score (nSPS) is 32.8. The summed E-state index contributed by atoms with van der Waals surface area (Å²) in [5.74, 6) is 1.75. The SMILES string of the molecule is CC1CCC(O[Si](C)(C)[Si](C)(C)C)CC1C. The Bertz CT molecular complexity index is 233. The van der Waals surface area contributed by atoms with Crippen LogP contribution in [0, 0.1) is 11.8 Å². The molecule has 3 heteroatoms. The fourth-order valence-corrected chi connectivity index (χ4v) is 5.16. The highest BCUT2D eigenvalue weighted by molar-refractivity contribution is 7.37. The minimum Gasteiger partial charge on any atom is -0.417 e. The molecule has 0 N–H and O–H groups in total. The minimum absolute atomic E-state index is 0.569. The van der Waals surface area contributed by atoms with Crippen molar-refractivity contribution in [1.82, 2.24) is 0 Å². The van der Waals surface area contributed by atoms with Gasteiger partial charge in [-0.15, -0.1) is 0 Å². The average Bonchev–Trinajstić information content (AvgIpc) is 2.09. The molecule has 0 heterocycles. The summed E-state index contributed by atoms with van der Waals surface area (Å²) >= 11 is 0. The zero-order valence-electron chi connectivity index (χ0n) is 12.3. The summed E-state index contributed by atoms with van der Waals surface area (Å²) in [7, 11) is -2.50. The standard InChI is InChI=1S/C13H30OSi2/c1-11-8-9-13(10-12(11)2)14-16(6,7)15(3,4)5/h11-13H,8-10H2,1-7H3. The molecule has 1 saturated carbocycles. The van der Waals surface area contributed by atoms with E-state index in [1.165, 1.54) is 19.3 Å². The van der Waals surface area contributed by atoms with Crippen LogP contribution in [0.4, 0.5) is 0 Å². The van der Waals surface area contributed by atoms with Crippen LogP contribution in [0.1, 0.15) is 33.1 Å². The first-order chi connectivity index (χ1) is 7.13. The topological polar surface area (TPSA) is 9.23 Å². The lowest BCUT2D eigenvalue weighted by Gasteiger charge is -2.41. The summed E-state index contributed by atoms with van der Waals surface area (Å²) in [6.07, 6.45) is 4.52. The van der Waals surface area contributed by atoms with Crippen LogP contribution >= 0.6 is 0 Å². The highest BCUT2D eigenvalue weighted by atomic mass is 29.3. The van der Waals surface area contributed by atoms with Crippen molar-refractivity contribution in [3.05, 3.63) is 0 Å². The maximum Gasteiger partial charge on any atom is 0.173 e. The number of rotatable bonds is 3. The molecule has 0 saturated heterocycles. The number of hydrogen-bond acceptors (Lipinski definition) is 1. The molecule has 96 valence electrons. The van der Waals surface area contributed by atoms with E-state index in [1.54, 1.807) is 0 Å². The summed E-state index contributed by atoms with van der Waals surface area (Å²) in [5.41, 5.74) is 0. The number of hydrogen-bond donors (Lipinski definition) is 0. The van der Waals surface area contributed by atoms with Crippen molar-refractivity contribution >= 4 is 15.4 Å². The van der Waals surface area contributed by atoms with Gasteiger partial charge >= 0.3 is 0 Å². The molecular weight excluding hydrogens is 228 g/mol. The van der Waals surface area contributed by atoms with Crippen LogP contribution in [0.5, 0.6) is 0 Å². The second kappa shape index (κ2) is 4.95. The van der Waals surface area contributed by atoms with Gasteiger partial charge in [0.05, 0.1) is 7.59 Å². The first-order valence-corrected chi connectivity index (χ1v) is 14.2. The van der Waals surface area contributed by atoms with Gasteiger partial charge in [0.1, 0.15) is 0 Å². The van der Waals surface area contributed by atoms with Crippen LogP contribution in [0.3, 0.4) is 0 Å². The molecule has 1 fully saturated rings. The van der Waals surface area contributed by atoms with E-state index in [4.69, 9.17) is 4.43 Å². The predicted octanol–water partition coefficient (Wildman–Crippen LogP) is 4.45. The smallest absolute Gasteiger partial charge is 0.173 e. The molecule has 0 aromatic rings. The van der Waals surface area contributed by atoms with Crippen molar-refractivity contribution < 1.29 is 4.43 Å². The maximum absolute atomic E-state index is 6.56. The third-order valence-electron chi connectivity index (χ3n) is 4.82. The molecule has 0 amide bonds. The average molecular weight is 259 g/mol. The van der Waals surface area contributed by atoms with E-state index < -0.39 is 15.4 Å². The molecule has 0 aromatic carbocycles. The first kappa shape index (κ1) is 14.5. The van der Waals surface area contributed by atoms with Crippen LogP contribution in [-0.4, -0.2) is 21.5 Å². The maximum atomic E-state index is 6.56. The lowest BCUT2D eigenvalue weighted by molar-refractivity contribution is 0.0975. The fourth-order valence-electron chi connectivity index (χ4n) is 2.20. The van der Waals surface area contributed by atoms with E-state index in [0.717, 1.165) is 11.8 Å². The van der Waals surface area contributed by atoms with E-state index in [1.807, 2.05) is 0 Å². The predicted molar refractivity (Wildman–Crippen MR) is 77.9 cm³/mol. The highest BCUT2D eigenvalue weighted by Crippen LogP contribution is 2.33. The van der Waals surface area contributed by atoms with Gasteiger partial charge in [0.25, 0.3) is 0 Å². The monoisotopic (exact) mass is 258 g/mol. The summed E-state index contributed by atoms with van der Waals surface area (Å²) in [4.78, 5) is 0. The Hall–Kier alpha value is 0.394. The molecule has 3 atom stereocenters. The molecule has 3 unspecified atom stereocenters. The van der Waals surface area contributed by atoms with E-state index in [-0.39, 0.29) is 0 Å². The van der Waals surface area contributed by atoms with Crippen molar-refractivity contribution in [1.29, 1.82) is 0 Å². The lowest BCUT2D eigenvalue weighted by Crippen LogP contribution is -2.57. The molecule has 16 heavy (non-hydrogen) atoms. The van der Waals surface area contributed by atoms with Gasteiger partial charge in [-0.1, -0.05) is 33.5 Å². The van der Waals surface area contributed by atoms with Crippen LogP contribution < -0.4 is 0 Å². The first-order valence-electron chi connectivity index (χ1n) is 6.81. The largest absolute Gasteiger partial charge is 0.417 e. The summed E-state index contributed by atoms with van der Waals surface area (Å²) in [6, 6.07) is 0. The Morgan fingerprint density at radius 1 is 0.875 bits per heavy atom. The van der Waals surface area contributed by atoms with Gasteiger partial charge in [-0.2, -0.15) is 0 Å². The second-order valence-electron chi connectivity index (χ2n) is 7.27. The summed E-state index contributed by atoms with van der Waals surface area (Å²) < 4.78 is 6.56. The second-order valence-corrected chi connectivity index (χ2v) is 23.1. The lowest BCUT2D eigenvalue weighted by atomic mass is 9.80. The molecule has 0 aromatic heterocycles. The molecule has 1 aliphatic rings. The molecule has 1 nitrogen and oxygen atoms in total. The summed E-state index contributed by atoms with van der Waals surface area (Å²) in [5, 5.41) is 0. The van der Waals surface area contributed by atoms with Crippen LogP contribution in [0.25, 0.3) is 0 Å². The quantitative estimate of drug-likeness (QED) is 0.680. The van der Waals surface area contributed by atoms with Crippen molar-refractivity contribution in [3.63, 3.8) is 0 Å². The molecule has 0 aliphatic heterocycles. The molecule has 1 rings (SSSR count). The van der Waals surface area contributed by atoms with Crippen molar-refractivity contribution in [2.24, 2.45) is 11.8 Å². The Kier molecular flexibility index (Phi) is 4.47. The van der Waals surface area contributed by atoms with Crippen molar-refractivity contribution in [2.75, 3.05) is 0 Å². The van der Waals surface area contributed by atoms with E-state index >= 15 is 0 Å².